The highest BCUT2D eigenvalue weighted by Crippen LogP contribution is 2.31. The van der Waals surface area contributed by atoms with E-state index in [9.17, 15) is 9.59 Å². The van der Waals surface area contributed by atoms with Crippen molar-refractivity contribution in [3.05, 3.63) is 53.6 Å². The van der Waals surface area contributed by atoms with Gasteiger partial charge in [-0.25, -0.2) is 0 Å². The number of fused-ring (bicyclic) bond motifs is 1. The van der Waals surface area contributed by atoms with Gasteiger partial charge in [0.25, 0.3) is 5.91 Å². The summed E-state index contributed by atoms with van der Waals surface area (Å²) in [6.45, 7) is 4.10. The first-order valence-electron chi connectivity index (χ1n) is 8.44. The molecule has 5 nitrogen and oxygen atoms in total. The molecule has 0 radical (unpaired) electrons. The summed E-state index contributed by atoms with van der Waals surface area (Å²) in [6.07, 6.45) is 0.459. The molecule has 0 fully saturated rings. The first kappa shape index (κ1) is 17.0. The normalized spacial score (nSPS) is 13.9. The van der Waals surface area contributed by atoms with Gasteiger partial charge in [0.2, 0.25) is 0 Å². The molecular weight excluding hydrogens is 318 g/mol. The summed E-state index contributed by atoms with van der Waals surface area (Å²) in [7, 11) is 0. The quantitative estimate of drug-likeness (QED) is 0.873. The van der Waals surface area contributed by atoms with Crippen LogP contribution < -0.4 is 14.8 Å². The van der Waals surface area contributed by atoms with E-state index in [2.05, 4.69) is 5.32 Å². The van der Waals surface area contributed by atoms with Gasteiger partial charge in [-0.3, -0.25) is 9.59 Å². The van der Waals surface area contributed by atoms with E-state index in [-0.39, 0.29) is 11.7 Å². The molecule has 0 aromatic heterocycles. The Balaban J connectivity index is 1.71. The first-order chi connectivity index (χ1) is 12.1. The van der Waals surface area contributed by atoms with E-state index in [4.69, 9.17) is 9.47 Å². The first-order valence-corrected chi connectivity index (χ1v) is 8.44. The zero-order valence-corrected chi connectivity index (χ0v) is 14.4. The van der Waals surface area contributed by atoms with Crippen molar-refractivity contribution < 1.29 is 19.1 Å². The molecule has 0 heterocycles. The van der Waals surface area contributed by atoms with Crippen molar-refractivity contribution in [1.82, 2.24) is 0 Å². The number of para-hydroxylation sites is 2. The van der Waals surface area contributed by atoms with Crippen LogP contribution in [0.5, 0.6) is 11.5 Å². The number of hydrogen-bond acceptors (Lipinski definition) is 4. The summed E-state index contributed by atoms with van der Waals surface area (Å²) in [4.78, 5) is 24.3. The molecule has 1 aliphatic rings. The minimum absolute atomic E-state index is 0.128. The summed E-state index contributed by atoms with van der Waals surface area (Å²) in [5.41, 5.74) is 2.20. The Morgan fingerprint density at radius 2 is 1.88 bits per heavy atom. The molecule has 1 atom stereocenters. The maximum Gasteiger partial charge on any atom is 0.265 e. The van der Waals surface area contributed by atoms with E-state index in [1.165, 1.54) is 0 Å². The van der Waals surface area contributed by atoms with Crippen molar-refractivity contribution in [2.75, 3.05) is 11.9 Å². The standard InChI is InChI=1S/C20H21NO4/c1-3-24-19-9-5-4-8-16(19)21-20(23)13(2)25-18-10-6-7-14-15(18)11-12-17(14)22/h4-10,13H,3,11-12H2,1-2H3,(H,21,23). The third-order valence-electron chi connectivity index (χ3n) is 4.15. The molecule has 5 heteroatoms. The van der Waals surface area contributed by atoms with E-state index < -0.39 is 6.10 Å². The molecule has 2 aromatic carbocycles. The third-order valence-corrected chi connectivity index (χ3v) is 4.15. The van der Waals surface area contributed by atoms with Crippen LogP contribution in [0.2, 0.25) is 0 Å². The minimum atomic E-state index is -0.697. The monoisotopic (exact) mass is 339 g/mol. The van der Waals surface area contributed by atoms with E-state index in [0.717, 1.165) is 5.56 Å². The molecule has 0 spiro atoms. The smallest absolute Gasteiger partial charge is 0.265 e. The molecule has 1 unspecified atom stereocenters. The Bertz CT molecular complexity index is 800. The van der Waals surface area contributed by atoms with E-state index in [1.54, 1.807) is 37.3 Å². The van der Waals surface area contributed by atoms with E-state index in [0.29, 0.717) is 42.2 Å². The fraction of sp³-hybridized carbons (Fsp3) is 0.300. The van der Waals surface area contributed by atoms with Gasteiger partial charge in [0.15, 0.2) is 11.9 Å². The van der Waals surface area contributed by atoms with Crippen LogP contribution >= 0.6 is 0 Å². The molecule has 3 rings (SSSR count). The molecule has 0 aliphatic heterocycles. The topological polar surface area (TPSA) is 64.6 Å². The molecule has 0 saturated carbocycles. The zero-order valence-electron chi connectivity index (χ0n) is 14.4. The van der Waals surface area contributed by atoms with Gasteiger partial charge < -0.3 is 14.8 Å². The zero-order chi connectivity index (χ0) is 17.8. The Morgan fingerprint density at radius 3 is 2.68 bits per heavy atom. The lowest BCUT2D eigenvalue weighted by atomic mass is 10.1. The molecular formula is C20H21NO4. The highest BCUT2D eigenvalue weighted by Gasteiger charge is 2.25. The van der Waals surface area contributed by atoms with Gasteiger partial charge in [-0.15, -0.1) is 0 Å². The maximum absolute atomic E-state index is 12.5. The van der Waals surface area contributed by atoms with Crippen LogP contribution in [0.1, 0.15) is 36.2 Å². The molecule has 0 saturated heterocycles. The van der Waals surface area contributed by atoms with Crippen LogP contribution in [0.4, 0.5) is 5.69 Å². The fourth-order valence-electron chi connectivity index (χ4n) is 2.90. The Labute approximate surface area is 147 Å². The van der Waals surface area contributed by atoms with Crippen molar-refractivity contribution in [2.24, 2.45) is 0 Å². The predicted molar refractivity (Wildman–Crippen MR) is 95.4 cm³/mol. The molecule has 130 valence electrons. The number of amides is 1. The second-order valence-electron chi connectivity index (χ2n) is 5.88. The van der Waals surface area contributed by atoms with Gasteiger partial charge in [-0.1, -0.05) is 24.3 Å². The lowest BCUT2D eigenvalue weighted by Gasteiger charge is -2.18. The van der Waals surface area contributed by atoms with Crippen LogP contribution in [0.15, 0.2) is 42.5 Å². The summed E-state index contributed by atoms with van der Waals surface area (Å²) in [5, 5.41) is 2.84. The van der Waals surface area contributed by atoms with Gasteiger partial charge in [0, 0.05) is 17.5 Å². The number of Topliss-reactive ketones (excluding diaryl/α,β-unsaturated/α-hetero) is 1. The molecule has 1 amide bonds. The summed E-state index contributed by atoms with van der Waals surface area (Å²) in [5.74, 6) is 1.08. The molecule has 0 bridgehead atoms. The fourth-order valence-corrected chi connectivity index (χ4v) is 2.90. The minimum Gasteiger partial charge on any atom is -0.492 e. The van der Waals surface area contributed by atoms with Crippen molar-refractivity contribution >= 4 is 17.4 Å². The molecule has 1 N–H and O–H groups in total. The van der Waals surface area contributed by atoms with Crippen molar-refractivity contribution in [2.45, 2.75) is 32.8 Å². The number of carbonyl (C=O) groups is 2. The van der Waals surface area contributed by atoms with E-state index in [1.807, 2.05) is 19.1 Å². The lowest BCUT2D eigenvalue weighted by Crippen LogP contribution is -2.30. The maximum atomic E-state index is 12.5. The van der Waals surface area contributed by atoms with Crippen LogP contribution in [-0.2, 0) is 11.2 Å². The van der Waals surface area contributed by atoms with Crippen molar-refractivity contribution in [3.8, 4) is 11.5 Å². The molecule has 2 aromatic rings. The van der Waals surface area contributed by atoms with Gasteiger partial charge in [-0.05, 0) is 38.5 Å². The van der Waals surface area contributed by atoms with Gasteiger partial charge in [-0.2, -0.15) is 0 Å². The number of carbonyl (C=O) groups excluding carboxylic acids is 2. The predicted octanol–water partition coefficient (Wildman–Crippen LogP) is 3.62. The highest BCUT2D eigenvalue weighted by atomic mass is 16.5. The number of rotatable bonds is 6. The van der Waals surface area contributed by atoms with E-state index >= 15 is 0 Å². The van der Waals surface area contributed by atoms with Crippen molar-refractivity contribution in [3.63, 3.8) is 0 Å². The molecule has 25 heavy (non-hydrogen) atoms. The highest BCUT2D eigenvalue weighted by molar-refractivity contribution is 6.01. The largest absolute Gasteiger partial charge is 0.492 e. The number of ether oxygens (including phenoxy) is 2. The second kappa shape index (κ2) is 7.38. The second-order valence-corrected chi connectivity index (χ2v) is 5.88. The Kier molecular flexibility index (Phi) is 5.03. The van der Waals surface area contributed by atoms with Crippen LogP contribution in [0.25, 0.3) is 0 Å². The number of ketones is 1. The Hall–Kier alpha value is -2.82. The number of anilines is 1. The third kappa shape index (κ3) is 3.65. The van der Waals surface area contributed by atoms with Crippen LogP contribution in [0, 0.1) is 0 Å². The SMILES string of the molecule is CCOc1ccccc1NC(=O)C(C)Oc1cccc2c1CCC2=O. The lowest BCUT2D eigenvalue weighted by molar-refractivity contribution is -0.122. The molecule has 1 aliphatic carbocycles. The van der Waals surface area contributed by atoms with Gasteiger partial charge in [0.1, 0.15) is 11.5 Å². The van der Waals surface area contributed by atoms with Crippen LogP contribution in [0.3, 0.4) is 0 Å². The summed E-state index contributed by atoms with van der Waals surface area (Å²) < 4.78 is 11.3. The summed E-state index contributed by atoms with van der Waals surface area (Å²) in [6, 6.07) is 12.7. The Morgan fingerprint density at radius 1 is 1.12 bits per heavy atom. The number of benzene rings is 2. The van der Waals surface area contributed by atoms with Crippen LogP contribution in [-0.4, -0.2) is 24.4 Å². The van der Waals surface area contributed by atoms with Gasteiger partial charge >= 0.3 is 0 Å². The average Bonchev–Trinajstić information content (AvgIpc) is 2.99. The van der Waals surface area contributed by atoms with Crippen molar-refractivity contribution in [1.29, 1.82) is 0 Å². The summed E-state index contributed by atoms with van der Waals surface area (Å²) >= 11 is 0. The average molecular weight is 339 g/mol. The van der Waals surface area contributed by atoms with Gasteiger partial charge in [0.05, 0.1) is 12.3 Å². The number of hydrogen-bond donors (Lipinski definition) is 1. The number of nitrogens with one attached hydrogen (secondary N) is 1.